The van der Waals surface area contributed by atoms with Crippen LogP contribution < -0.4 is 9.47 Å². The Morgan fingerprint density at radius 3 is 2.40 bits per heavy atom. The first-order valence-corrected chi connectivity index (χ1v) is 4.10. The summed E-state index contributed by atoms with van der Waals surface area (Å²) in [6.45, 7) is 0. The first-order valence-electron chi connectivity index (χ1n) is 4.10. The van der Waals surface area contributed by atoms with E-state index < -0.39 is 11.9 Å². The van der Waals surface area contributed by atoms with Crippen molar-refractivity contribution in [3.63, 3.8) is 0 Å². The Balaban J connectivity index is 2.51. The molecule has 0 unspecified atom stereocenters. The highest BCUT2D eigenvalue weighted by atomic mass is 16.6. The first-order chi connectivity index (χ1) is 7.16. The van der Waals surface area contributed by atoms with Gasteiger partial charge in [-0.15, -0.1) is 0 Å². The normalized spacial score (nSPS) is 16.8. The lowest BCUT2D eigenvalue weighted by molar-refractivity contribution is -0.133. The van der Waals surface area contributed by atoms with Crippen LogP contribution in [0.15, 0.2) is 30.4 Å². The maximum atomic E-state index is 11.1. The molecule has 1 aliphatic rings. The Morgan fingerprint density at radius 2 is 1.67 bits per heavy atom. The number of ether oxygens (including phenoxy) is 2. The lowest BCUT2D eigenvalue weighted by Crippen LogP contribution is -2.13. The molecule has 0 aliphatic carbocycles. The topological polar surface area (TPSA) is 72.8 Å². The molecule has 15 heavy (non-hydrogen) atoms. The molecule has 5 heteroatoms. The van der Waals surface area contributed by atoms with Crippen LogP contribution in [0.4, 0.5) is 0 Å². The van der Waals surface area contributed by atoms with Crippen LogP contribution in [0.3, 0.4) is 0 Å². The molecule has 0 amide bonds. The molecule has 0 fully saturated rings. The van der Waals surface area contributed by atoms with Crippen molar-refractivity contribution < 1.29 is 24.2 Å². The van der Waals surface area contributed by atoms with Gasteiger partial charge in [-0.2, -0.15) is 0 Å². The summed E-state index contributed by atoms with van der Waals surface area (Å²) in [6.07, 6.45) is 1.88. The van der Waals surface area contributed by atoms with E-state index in [1.165, 1.54) is 18.2 Å². The Labute approximate surface area is 84.5 Å². The highest BCUT2D eigenvalue weighted by molar-refractivity contribution is 5.95. The van der Waals surface area contributed by atoms with Gasteiger partial charge in [0.2, 0.25) is 5.75 Å². The molecular formula is C10H6O5. The van der Waals surface area contributed by atoms with Crippen LogP contribution >= 0.6 is 0 Å². The van der Waals surface area contributed by atoms with Crippen LogP contribution in [0.5, 0.6) is 17.2 Å². The van der Waals surface area contributed by atoms with Crippen molar-refractivity contribution in [2.24, 2.45) is 0 Å². The number of benzene rings is 1. The zero-order chi connectivity index (χ0) is 10.8. The van der Waals surface area contributed by atoms with Gasteiger partial charge in [-0.1, -0.05) is 6.07 Å². The number of carbonyl (C=O) groups excluding carboxylic acids is 2. The summed E-state index contributed by atoms with van der Waals surface area (Å²) in [5, 5.41) is 9.38. The van der Waals surface area contributed by atoms with Crippen molar-refractivity contribution in [2.45, 2.75) is 0 Å². The molecule has 0 saturated carbocycles. The number of phenols is 1. The smallest absolute Gasteiger partial charge is 0.336 e. The van der Waals surface area contributed by atoms with Gasteiger partial charge in [0.05, 0.1) is 0 Å². The molecule has 1 aromatic rings. The molecular weight excluding hydrogens is 200 g/mol. The molecule has 1 aromatic carbocycles. The summed E-state index contributed by atoms with van der Waals surface area (Å²) in [4.78, 5) is 22.1. The first kappa shape index (κ1) is 9.26. The standard InChI is InChI=1S/C10H6O5/c11-6-2-1-3-7-10(6)15-9(13)5-4-8(12)14-7/h1-5,11H/b5-4+. The van der Waals surface area contributed by atoms with Gasteiger partial charge in [-0.05, 0) is 12.1 Å². The second-order valence-corrected chi connectivity index (χ2v) is 2.78. The fraction of sp³-hybridized carbons (Fsp3) is 0. The van der Waals surface area contributed by atoms with Crippen LogP contribution in [0, 0.1) is 0 Å². The largest absolute Gasteiger partial charge is 0.504 e. The Bertz CT molecular complexity index is 461. The fourth-order valence-corrected chi connectivity index (χ4v) is 1.10. The average Bonchev–Trinajstić information content (AvgIpc) is 2.18. The minimum atomic E-state index is -0.741. The average molecular weight is 206 g/mol. The Kier molecular flexibility index (Phi) is 2.13. The van der Waals surface area contributed by atoms with E-state index in [0.717, 1.165) is 12.2 Å². The minimum Gasteiger partial charge on any atom is -0.504 e. The monoisotopic (exact) mass is 206 g/mol. The highest BCUT2D eigenvalue weighted by Crippen LogP contribution is 2.36. The van der Waals surface area contributed by atoms with E-state index in [1.807, 2.05) is 0 Å². The number of esters is 2. The van der Waals surface area contributed by atoms with E-state index >= 15 is 0 Å². The summed E-state index contributed by atoms with van der Waals surface area (Å²) >= 11 is 0. The summed E-state index contributed by atoms with van der Waals surface area (Å²) in [5.74, 6) is -1.84. The lowest BCUT2D eigenvalue weighted by Gasteiger charge is -2.11. The van der Waals surface area contributed by atoms with Crippen LogP contribution in [-0.4, -0.2) is 17.0 Å². The third kappa shape index (κ3) is 1.80. The third-order valence-electron chi connectivity index (χ3n) is 1.73. The van der Waals surface area contributed by atoms with Crippen molar-refractivity contribution in [3.8, 4) is 17.2 Å². The van der Waals surface area contributed by atoms with Gasteiger partial charge in [0.25, 0.3) is 0 Å². The molecule has 1 aliphatic heterocycles. The number of hydrogen-bond acceptors (Lipinski definition) is 5. The molecule has 0 atom stereocenters. The summed E-state index contributed by atoms with van der Waals surface area (Å²) in [7, 11) is 0. The molecule has 1 heterocycles. The van der Waals surface area contributed by atoms with Crippen molar-refractivity contribution in [2.75, 3.05) is 0 Å². The Hall–Kier alpha value is -2.30. The summed E-state index contributed by atoms with van der Waals surface area (Å²) in [5.41, 5.74) is 0. The van der Waals surface area contributed by atoms with E-state index in [4.69, 9.17) is 9.47 Å². The number of phenolic OH excluding ortho intramolecular Hbond substituents is 1. The van der Waals surface area contributed by atoms with E-state index in [2.05, 4.69) is 0 Å². The zero-order valence-electron chi connectivity index (χ0n) is 7.47. The number of hydrogen-bond donors (Lipinski definition) is 1. The quantitative estimate of drug-likeness (QED) is 0.501. The van der Waals surface area contributed by atoms with Gasteiger partial charge in [0.15, 0.2) is 11.5 Å². The second-order valence-electron chi connectivity index (χ2n) is 2.78. The third-order valence-corrected chi connectivity index (χ3v) is 1.73. The van der Waals surface area contributed by atoms with Crippen molar-refractivity contribution in [1.29, 1.82) is 0 Å². The molecule has 2 rings (SSSR count). The van der Waals surface area contributed by atoms with E-state index in [1.54, 1.807) is 0 Å². The van der Waals surface area contributed by atoms with E-state index in [0.29, 0.717) is 0 Å². The predicted octanol–water partition coefficient (Wildman–Crippen LogP) is 0.773. The maximum absolute atomic E-state index is 11.1. The SMILES string of the molecule is O=C1/C=C/C(=O)Oc2c(O)cccc2O1. The Morgan fingerprint density at radius 1 is 1.00 bits per heavy atom. The lowest BCUT2D eigenvalue weighted by atomic mass is 10.3. The summed E-state index contributed by atoms with van der Waals surface area (Å²) in [6, 6.07) is 4.21. The van der Waals surface area contributed by atoms with Gasteiger partial charge < -0.3 is 14.6 Å². The minimum absolute atomic E-state index is 0.0118. The van der Waals surface area contributed by atoms with E-state index in [-0.39, 0.29) is 17.2 Å². The van der Waals surface area contributed by atoms with Crippen molar-refractivity contribution in [1.82, 2.24) is 0 Å². The summed E-state index contributed by atoms with van der Waals surface area (Å²) < 4.78 is 9.57. The number of aromatic hydroxyl groups is 1. The van der Waals surface area contributed by atoms with Gasteiger partial charge in [-0.25, -0.2) is 9.59 Å². The van der Waals surface area contributed by atoms with Gasteiger partial charge >= 0.3 is 11.9 Å². The van der Waals surface area contributed by atoms with Crippen LogP contribution in [-0.2, 0) is 9.59 Å². The molecule has 0 radical (unpaired) electrons. The molecule has 76 valence electrons. The zero-order valence-corrected chi connectivity index (χ0v) is 7.47. The fourth-order valence-electron chi connectivity index (χ4n) is 1.10. The molecule has 0 aromatic heterocycles. The highest BCUT2D eigenvalue weighted by Gasteiger charge is 2.18. The molecule has 5 nitrogen and oxygen atoms in total. The molecule has 0 saturated heterocycles. The van der Waals surface area contributed by atoms with E-state index in [9.17, 15) is 14.7 Å². The van der Waals surface area contributed by atoms with Crippen molar-refractivity contribution >= 4 is 11.9 Å². The number of para-hydroxylation sites is 1. The number of rotatable bonds is 0. The van der Waals surface area contributed by atoms with Gasteiger partial charge in [-0.3, -0.25) is 0 Å². The van der Waals surface area contributed by atoms with Crippen LogP contribution in [0.25, 0.3) is 0 Å². The van der Waals surface area contributed by atoms with Crippen molar-refractivity contribution in [3.05, 3.63) is 30.4 Å². The molecule has 0 spiro atoms. The second kappa shape index (κ2) is 3.45. The predicted molar refractivity (Wildman–Crippen MR) is 48.5 cm³/mol. The maximum Gasteiger partial charge on any atom is 0.336 e. The van der Waals surface area contributed by atoms with Gasteiger partial charge in [0.1, 0.15) is 0 Å². The van der Waals surface area contributed by atoms with Crippen LogP contribution in [0.2, 0.25) is 0 Å². The molecule has 0 bridgehead atoms. The van der Waals surface area contributed by atoms with Gasteiger partial charge in [0, 0.05) is 12.2 Å². The number of fused-ring (bicyclic) bond motifs is 1. The van der Waals surface area contributed by atoms with Crippen LogP contribution in [0.1, 0.15) is 0 Å². The number of carbonyl (C=O) groups is 2. The molecule has 1 N–H and O–H groups in total.